The molecule has 8 aromatic rings. The Morgan fingerprint density at radius 1 is 0.500 bits per heavy atom. The second kappa shape index (κ2) is 13.2. The van der Waals surface area contributed by atoms with Crippen molar-refractivity contribution in [2.24, 2.45) is 0 Å². The van der Waals surface area contributed by atoms with E-state index in [9.17, 15) is 0 Å². The van der Waals surface area contributed by atoms with Gasteiger partial charge in [0.15, 0.2) is 0 Å². The van der Waals surface area contributed by atoms with Gasteiger partial charge in [0.1, 0.15) is 0 Å². The van der Waals surface area contributed by atoms with Crippen LogP contribution in [0.5, 0.6) is 0 Å². The topological polar surface area (TPSA) is 51.6 Å². The van der Waals surface area contributed by atoms with Gasteiger partial charge in [0, 0.05) is 42.6 Å². The molecule has 4 aromatic carbocycles. The average molecular weight is 880 g/mol. The Morgan fingerprint density at radius 2 is 0.926 bits per heavy atom. The van der Waals surface area contributed by atoms with Gasteiger partial charge in [-0.1, -0.05) is 136 Å². The molecule has 1 aliphatic carbocycles. The van der Waals surface area contributed by atoms with Crippen LogP contribution in [0, 0.1) is 12.1 Å². The van der Waals surface area contributed by atoms with Crippen LogP contribution < -0.4 is 0 Å². The van der Waals surface area contributed by atoms with E-state index in [4.69, 9.17) is 9.97 Å². The van der Waals surface area contributed by atoms with Crippen LogP contribution >= 0.6 is 0 Å². The Bertz CT molecular complexity index is 2530. The summed E-state index contributed by atoms with van der Waals surface area (Å²) < 4.78 is 0. The van der Waals surface area contributed by atoms with E-state index in [1.165, 1.54) is 33.4 Å². The fourth-order valence-corrected chi connectivity index (χ4v) is 8.12. The zero-order valence-electron chi connectivity index (χ0n) is 31.3. The number of pyridine rings is 4. The molecule has 4 heterocycles. The summed E-state index contributed by atoms with van der Waals surface area (Å²) in [7, 11) is 0. The summed E-state index contributed by atoms with van der Waals surface area (Å²) >= 11 is 0. The number of fused-ring (bicyclic) bond motifs is 5. The Morgan fingerprint density at radius 3 is 1.35 bits per heavy atom. The van der Waals surface area contributed by atoms with Crippen LogP contribution in [-0.2, 0) is 37.3 Å². The number of nitrogens with zero attached hydrogens (tertiary/aromatic N) is 4. The molecule has 1 aliphatic rings. The van der Waals surface area contributed by atoms with Crippen LogP contribution in [-0.4, -0.2) is 19.9 Å². The molecular formula is C49H40N4Pt. The van der Waals surface area contributed by atoms with Crippen molar-refractivity contribution < 1.29 is 21.1 Å². The van der Waals surface area contributed by atoms with Gasteiger partial charge in [-0.2, -0.15) is 0 Å². The summed E-state index contributed by atoms with van der Waals surface area (Å²) in [5.41, 5.74) is 12.1. The molecule has 0 saturated heterocycles. The first-order chi connectivity index (χ1) is 25.5. The molecule has 0 fully saturated rings. The van der Waals surface area contributed by atoms with Gasteiger partial charge < -0.3 is 9.97 Å². The Kier molecular flexibility index (Phi) is 8.74. The third-order valence-electron chi connectivity index (χ3n) is 10.9. The van der Waals surface area contributed by atoms with Gasteiger partial charge in [-0.15, -0.1) is 46.5 Å². The van der Waals surface area contributed by atoms with E-state index in [-0.39, 0.29) is 31.9 Å². The Labute approximate surface area is 332 Å². The fraction of sp³-hybridized carbons (Fsp3) is 0.184. The molecule has 54 heavy (non-hydrogen) atoms. The average Bonchev–Trinajstić information content (AvgIpc) is 3.47. The van der Waals surface area contributed by atoms with Crippen molar-refractivity contribution in [1.29, 1.82) is 0 Å². The largest absolute Gasteiger partial charge is 2.00 e. The van der Waals surface area contributed by atoms with Crippen LogP contribution in [0.3, 0.4) is 0 Å². The molecule has 9 rings (SSSR count). The smallest absolute Gasteiger partial charge is 0.305 e. The standard InChI is InChI=1S/C49H40N4.Pt/c1-47(2,3)33-15-21-52-45(27-33)41-25-35(23-31-29-50-19-17-37(31)41)49(43-13-9-7-11-39(43)40-12-8-10-14-44(40)49)36-24-32-30-51-20-18-38(32)42(26-36)46-28-34(16-22-53-46)48(4,5)6;/h7-24,27-30H,1-6H3;/q-2;+2. The normalized spacial score (nSPS) is 13.4. The van der Waals surface area contributed by atoms with E-state index in [1.54, 1.807) is 0 Å². The van der Waals surface area contributed by atoms with Gasteiger partial charge in [0.05, 0.1) is 0 Å². The van der Waals surface area contributed by atoms with Gasteiger partial charge >= 0.3 is 21.1 Å². The maximum atomic E-state index is 4.97. The number of benzene rings is 4. The maximum Gasteiger partial charge on any atom is 2.00 e. The molecule has 0 atom stereocenters. The van der Waals surface area contributed by atoms with Crippen LogP contribution in [0.25, 0.3) is 55.2 Å². The molecular weight excluding hydrogens is 840 g/mol. The summed E-state index contributed by atoms with van der Waals surface area (Å²) in [5.74, 6) is 0. The summed E-state index contributed by atoms with van der Waals surface area (Å²) in [6, 6.07) is 43.1. The van der Waals surface area contributed by atoms with E-state index in [2.05, 4.69) is 161 Å². The molecule has 0 radical (unpaired) electrons. The predicted molar refractivity (Wildman–Crippen MR) is 216 cm³/mol. The Balaban J connectivity index is 0.00000413. The third kappa shape index (κ3) is 5.71. The molecule has 0 spiro atoms. The first-order valence-electron chi connectivity index (χ1n) is 18.3. The van der Waals surface area contributed by atoms with Crippen molar-refractivity contribution in [2.45, 2.75) is 57.8 Å². The quantitative estimate of drug-likeness (QED) is 0.165. The second-order valence-electron chi connectivity index (χ2n) is 16.2. The molecule has 0 saturated carbocycles. The molecule has 0 bridgehead atoms. The van der Waals surface area contributed by atoms with E-state index in [0.717, 1.165) is 55.2 Å². The second-order valence-corrected chi connectivity index (χ2v) is 16.2. The van der Waals surface area contributed by atoms with E-state index in [1.807, 2.05) is 37.2 Å². The molecule has 0 N–H and O–H groups in total. The first kappa shape index (κ1) is 35.7. The summed E-state index contributed by atoms with van der Waals surface area (Å²) in [6.45, 7) is 13.4. The molecule has 0 amide bonds. The minimum Gasteiger partial charge on any atom is -0.305 e. The first-order valence-corrected chi connectivity index (χ1v) is 18.3. The minimum absolute atomic E-state index is 0. The van der Waals surface area contributed by atoms with E-state index < -0.39 is 5.41 Å². The van der Waals surface area contributed by atoms with Gasteiger partial charge in [-0.25, -0.2) is 0 Å². The number of hydrogen-bond acceptors (Lipinski definition) is 4. The predicted octanol–water partition coefficient (Wildman–Crippen LogP) is 11.5. The zero-order valence-corrected chi connectivity index (χ0v) is 33.6. The molecule has 4 aromatic heterocycles. The van der Waals surface area contributed by atoms with E-state index >= 15 is 0 Å². The van der Waals surface area contributed by atoms with E-state index in [0.29, 0.717) is 0 Å². The Hall–Kier alpha value is -5.31. The molecule has 0 aliphatic heterocycles. The third-order valence-corrected chi connectivity index (χ3v) is 10.9. The molecule has 266 valence electrons. The zero-order chi connectivity index (χ0) is 36.5. The number of aromatic nitrogens is 4. The van der Waals surface area contributed by atoms with Crippen molar-refractivity contribution in [2.75, 3.05) is 0 Å². The van der Waals surface area contributed by atoms with Crippen molar-refractivity contribution in [3.8, 4) is 33.6 Å². The fourth-order valence-electron chi connectivity index (χ4n) is 8.12. The van der Waals surface area contributed by atoms with Gasteiger partial charge in [0.2, 0.25) is 0 Å². The molecule has 5 heteroatoms. The van der Waals surface area contributed by atoms with Gasteiger partial charge in [-0.05, 0) is 67.7 Å². The van der Waals surface area contributed by atoms with Crippen LogP contribution in [0.2, 0.25) is 0 Å². The van der Waals surface area contributed by atoms with Crippen molar-refractivity contribution >= 4 is 21.5 Å². The number of hydrogen-bond donors (Lipinski definition) is 0. The minimum atomic E-state index is -0.784. The van der Waals surface area contributed by atoms with Gasteiger partial charge in [-0.3, -0.25) is 9.97 Å². The molecule has 4 nitrogen and oxygen atoms in total. The van der Waals surface area contributed by atoms with Crippen molar-refractivity contribution in [3.05, 3.63) is 180 Å². The van der Waals surface area contributed by atoms with Crippen LogP contribution in [0.4, 0.5) is 0 Å². The van der Waals surface area contributed by atoms with Crippen LogP contribution in [0.15, 0.2) is 134 Å². The molecule has 0 unspecified atom stereocenters. The van der Waals surface area contributed by atoms with Gasteiger partial charge in [0.25, 0.3) is 0 Å². The summed E-state index contributed by atoms with van der Waals surface area (Å²) in [6.07, 6.45) is 11.5. The number of rotatable bonds is 4. The van der Waals surface area contributed by atoms with Crippen molar-refractivity contribution in [1.82, 2.24) is 19.9 Å². The SMILES string of the molecule is CC(C)(C)c1ccnc(-c2[c-]c(C3(c4[c-]c(-c5cc(C(C)(C)C)ccn5)c5ccncc5c4)c4ccccc4-c4ccccc43)cc3cnccc23)c1.[Pt+2]. The van der Waals surface area contributed by atoms with Crippen molar-refractivity contribution in [3.63, 3.8) is 0 Å². The summed E-state index contributed by atoms with van der Waals surface area (Å²) in [5, 5.41) is 4.19. The monoisotopic (exact) mass is 879 g/mol. The maximum absolute atomic E-state index is 4.97. The summed E-state index contributed by atoms with van der Waals surface area (Å²) in [4.78, 5) is 19.2. The van der Waals surface area contributed by atoms with Crippen LogP contribution in [0.1, 0.15) is 74.9 Å².